The molecule has 62 valence electrons. The monoisotopic (exact) mass is 163 g/mol. The Hall–Kier alpha value is -1.51. The number of nitrogens with zero attached hydrogens (tertiary/aromatic N) is 1. The fourth-order valence-electron chi connectivity index (χ4n) is 1.20. The number of fused-ring (bicyclic) bond motifs is 1. The van der Waals surface area contributed by atoms with E-state index in [1.807, 2.05) is 12.1 Å². The quantitative estimate of drug-likeness (QED) is 0.573. The topological polar surface area (TPSA) is 29.5 Å². The average molecular weight is 163 g/mol. The molecule has 0 saturated carbocycles. The molecule has 1 aliphatic rings. The van der Waals surface area contributed by atoms with Crippen molar-refractivity contribution in [3.63, 3.8) is 0 Å². The van der Waals surface area contributed by atoms with Crippen LogP contribution in [0.25, 0.3) is 0 Å². The lowest BCUT2D eigenvalue weighted by atomic mass is 10.1. The van der Waals surface area contributed by atoms with Crippen LogP contribution in [0.3, 0.4) is 0 Å². The van der Waals surface area contributed by atoms with E-state index in [-0.39, 0.29) is 5.91 Å². The first kappa shape index (κ1) is 7.16. The highest BCUT2D eigenvalue weighted by atomic mass is 16.5. The van der Waals surface area contributed by atoms with Gasteiger partial charge in [-0.15, -0.1) is 0 Å². The molecule has 1 amide bonds. The summed E-state index contributed by atoms with van der Waals surface area (Å²) in [6.45, 7) is 0.343. The molecular weight excluding hydrogens is 154 g/mol. The van der Waals surface area contributed by atoms with E-state index in [9.17, 15) is 4.79 Å². The SMILES string of the molecule is CN1COc2ccccc2C1=O. The molecule has 1 aliphatic heterocycles. The maximum atomic E-state index is 11.5. The van der Waals surface area contributed by atoms with Crippen LogP contribution in [0.5, 0.6) is 5.75 Å². The molecule has 0 aromatic heterocycles. The molecule has 3 nitrogen and oxygen atoms in total. The van der Waals surface area contributed by atoms with Crippen LogP contribution in [-0.4, -0.2) is 24.6 Å². The van der Waals surface area contributed by atoms with Crippen molar-refractivity contribution >= 4 is 5.91 Å². The van der Waals surface area contributed by atoms with E-state index < -0.39 is 0 Å². The molecule has 12 heavy (non-hydrogen) atoms. The Morgan fingerprint density at radius 2 is 2.17 bits per heavy atom. The van der Waals surface area contributed by atoms with Crippen LogP contribution in [0.15, 0.2) is 24.3 Å². The van der Waals surface area contributed by atoms with Gasteiger partial charge in [-0.05, 0) is 12.1 Å². The molecule has 0 radical (unpaired) electrons. The number of benzene rings is 1. The minimum atomic E-state index is 0.0249. The van der Waals surface area contributed by atoms with Gasteiger partial charge in [0.2, 0.25) is 0 Å². The number of carbonyl (C=O) groups excluding carboxylic acids is 1. The van der Waals surface area contributed by atoms with E-state index in [1.165, 1.54) is 0 Å². The summed E-state index contributed by atoms with van der Waals surface area (Å²) in [5.41, 5.74) is 0.645. The summed E-state index contributed by atoms with van der Waals surface area (Å²) in [7, 11) is 1.72. The zero-order chi connectivity index (χ0) is 8.55. The van der Waals surface area contributed by atoms with Gasteiger partial charge in [-0.3, -0.25) is 4.79 Å². The standard InChI is InChI=1S/C9H9NO2/c1-10-6-12-8-5-3-2-4-7(8)9(10)11/h2-5H,6H2,1H3. The molecule has 0 fully saturated rings. The Morgan fingerprint density at radius 3 is 3.00 bits per heavy atom. The third-order valence-electron chi connectivity index (χ3n) is 1.88. The van der Waals surface area contributed by atoms with Crippen LogP contribution in [0.4, 0.5) is 0 Å². The summed E-state index contributed by atoms with van der Waals surface area (Å²) in [5.74, 6) is 0.706. The molecule has 1 aromatic carbocycles. The Morgan fingerprint density at radius 1 is 1.42 bits per heavy atom. The number of ether oxygens (including phenoxy) is 1. The van der Waals surface area contributed by atoms with Gasteiger partial charge >= 0.3 is 0 Å². The fraction of sp³-hybridized carbons (Fsp3) is 0.222. The summed E-state index contributed by atoms with van der Waals surface area (Å²) in [6.07, 6.45) is 0. The lowest BCUT2D eigenvalue weighted by Crippen LogP contribution is -2.35. The van der Waals surface area contributed by atoms with Gasteiger partial charge in [0.15, 0.2) is 6.73 Å². The van der Waals surface area contributed by atoms with Crippen molar-refractivity contribution in [2.45, 2.75) is 0 Å². The first-order valence-corrected chi connectivity index (χ1v) is 3.76. The molecule has 0 bridgehead atoms. The van der Waals surface area contributed by atoms with Crippen LogP contribution in [0, 0.1) is 0 Å². The Labute approximate surface area is 70.6 Å². The number of para-hydroxylation sites is 1. The van der Waals surface area contributed by atoms with Crippen molar-refractivity contribution in [1.29, 1.82) is 0 Å². The van der Waals surface area contributed by atoms with Crippen LogP contribution in [0.1, 0.15) is 10.4 Å². The Bertz CT molecular complexity index is 322. The van der Waals surface area contributed by atoms with E-state index in [1.54, 1.807) is 24.1 Å². The normalized spacial score (nSPS) is 15.4. The first-order chi connectivity index (χ1) is 5.79. The van der Waals surface area contributed by atoms with Gasteiger partial charge in [0, 0.05) is 7.05 Å². The molecule has 2 rings (SSSR count). The molecule has 1 heterocycles. The van der Waals surface area contributed by atoms with Gasteiger partial charge in [-0.25, -0.2) is 0 Å². The zero-order valence-corrected chi connectivity index (χ0v) is 6.78. The molecule has 0 aliphatic carbocycles. The van der Waals surface area contributed by atoms with E-state index >= 15 is 0 Å². The number of carbonyl (C=O) groups is 1. The summed E-state index contributed by atoms with van der Waals surface area (Å²) >= 11 is 0. The maximum absolute atomic E-state index is 11.5. The van der Waals surface area contributed by atoms with Gasteiger partial charge in [0.1, 0.15) is 5.75 Å². The molecule has 0 N–H and O–H groups in total. The highest BCUT2D eigenvalue weighted by Crippen LogP contribution is 2.22. The highest BCUT2D eigenvalue weighted by Gasteiger charge is 2.21. The summed E-state index contributed by atoms with van der Waals surface area (Å²) in [4.78, 5) is 13.0. The van der Waals surface area contributed by atoms with Gasteiger partial charge in [-0.1, -0.05) is 12.1 Å². The van der Waals surface area contributed by atoms with Crippen LogP contribution < -0.4 is 4.74 Å². The van der Waals surface area contributed by atoms with Gasteiger partial charge < -0.3 is 9.64 Å². The minimum Gasteiger partial charge on any atom is -0.472 e. The molecule has 0 atom stereocenters. The number of hydrogen-bond donors (Lipinski definition) is 0. The van der Waals surface area contributed by atoms with Crippen molar-refractivity contribution in [2.24, 2.45) is 0 Å². The van der Waals surface area contributed by atoms with E-state index in [0.717, 1.165) is 0 Å². The lowest BCUT2D eigenvalue weighted by molar-refractivity contribution is 0.0595. The van der Waals surface area contributed by atoms with E-state index in [4.69, 9.17) is 4.74 Å². The summed E-state index contributed by atoms with van der Waals surface area (Å²) in [5, 5.41) is 0. The van der Waals surface area contributed by atoms with E-state index in [0.29, 0.717) is 18.0 Å². The molecule has 3 heteroatoms. The number of amides is 1. The summed E-state index contributed by atoms with van der Waals surface area (Å²) < 4.78 is 5.31. The van der Waals surface area contributed by atoms with Crippen molar-refractivity contribution in [2.75, 3.05) is 13.8 Å². The van der Waals surface area contributed by atoms with Gasteiger partial charge in [0.25, 0.3) is 5.91 Å². The smallest absolute Gasteiger partial charge is 0.259 e. The van der Waals surface area contributed by atoms with Crippen molar-refractivity contribution in [3.8, 4) is 5.75 Å². The Kier molecular flexibility index (Phi) is 1.50. The number of hydrogen-bond acceptors (Lipinski definition) is 2. The second kappa shape index (κ2) is 2.52. The predicted octanol–water partition coefficient (Wildman–Crippen LogP) is 1.11. The molecule has 0 unspecified atom stereocenters. The number of rotatable bonds is 0. The van der Waals surface area contributed by atoms with Crippen LogP contribution in [-0.2, 0) is 0 Å². The van der Waals surface area contributed by atoms with Crippen molar-refractivity contribution in [1.82, 2.24) is 4.90 Å². The first-order valence-electron chi connectivity index (χ1n) is 3.76. The molecule has 0 spiro atoms. The molecule has 0 saturated heterocycles. The predicted molar refractivity (Wildman–Crippen MR) is 44.0 cm³/mol. The van der Waals surface area contributed by atoms with Gasteiger partial charge in [0.05, 0.1) is 5.56 Å². The second-order valence-electron chi connectivity index (χ2n) is 2.77. The average Bonchev–Trinajstić information content (AvgIpc) is 2.12. The minimum absolute atomic E-state index is 0.0249. The van der Waals surface area contributed by atoms with Crippen LogP contribution in [0.2, 0.25) is 0 Å². The Balaban J connectivity index is 2.49. The fourth-order valence-corrected chi connectivity index (χ4v) is 1.20. The van der Waals surface area contributed by atoms with Crippen LogP contribution >= 0.6 is 0 Å². The third kappa shape index (κ3) is 0.942. The van der Waals surface area contributed by atoms with Crippen molar-refractivity contribution in [3.05, 3.63) is 29.8 Å². The van der Waals surface area contributed by atoms with Gasteiger partial charge in [-0.2, -0.15) is 0 Å². The molecule has 1 aromatic rings. The molecular formula is C9H9NO2. The third-order valence-corrected chi connectivity index (χ3v) is 1.88. The summed E-state index contributed by atoms with van der Waals surface area (Å²) in [6, 6.07) is 7.27. The largest absolute Gasteiger partial charge is 0.472 e. The second-order valence-corrected chi connectivity index (χ2v) is 2.77. The van der Waals surface area contributed by atoms with E-state index in [2.05, 4.69) is 0 Å². The van der Waals surface area contributed by atoms with Crippen molar-refractivity contribution < 1.29 is 9.53 Å². The maximum Gasteiger partial charge on any atom is 0.259 e. The highest BCUT2D eigenvalue weighted by molar-refractivity contribution is 5.97. The lowest BCUT2D eigenvalue weighted by Gasteiger charge is -2.24. The zero-order valence-electron chi connectivity index (χ0n) is 6.78.